The number of amides is 1. The number of nitro benzene ring substituents is 1. The second-order valence-corrected chi connectivity index (χ2v) is 10.6. The van der Waals surface area contributed by atoms with Crippen LogP contribution in [-0.4, -0.2) is 78.9 Å². The van der Waals surface area contributed by atoms with Gasteiger partial charge in [0.25, 0.3) is 5.69 Å². The minimum atomic E-state index is -0.869. The van der Waals surface area contributed by atoms with Crippen LogP contribution in [0.3, 0.4) is 0 Å². The zero-order valence-electron chi connectivity index (χ0n) is 23.7. The highest BCUT2D eigenvalue weighted by atomic mass is 16.6. The Kier molecular flexibility index (Phi) is 9.32. The number of esters is 1. The fourth-order valence-electron chi connectivity index (χ4n) is 5.55. The Labute approximate surface area is 244 Å². The molecular weight excluding hydrogens is 540 g/mol. The van der Waals surface area contributed by atoms with Crippen LogP contribution >= 0.6 is 0 Å². The van der Waals surface area contributed by atoms with Crippen molar-refractivity contribution in [1.29, 1.82) is 0 Å². The molecule has 0 radical (unpaired) electrons. The lowest BCUT2D eigenvalue weighted by Crippen LogP contribution is -2.48. The van der Waals surface area contributed by atoms with Gasteiger partial charge in [0, 0.05) is 63.0 Å². The number of ether oxygens (including phenoxy) is 2. The number of nitrogens with zero attached hydrogens (tertiary/aromatic N) is 5. The van der Waals surface area contributed by atoms with Crippen LogP contribution in [0.15, 0.2) is 61.1 Å². The van der Waals surface area contributed by atoms with E-state index in [-0.39, 0.29) is 28.9 Å². The number of carbonyl (C=O) groups is 2. The van der Waals surface area contributed by atoms with Gasteiger partial charge in [0.1, 0.15) is 11.7 Å². The molecule has 2 aliphatic rings. The lowest BCUT2D eigenvalue weighted by Gasteiger charge is -2.34. The number of morpholine rings is 1. The number of imidazole rings is 1. The number of carbonyl (C=O) groups excluding carboxylic acids is 2. The molecule has 2 aliphatic heterocycles. The van der Waals surface area contributed by atoms with Crippen LogP contribution in [0.5, 0.6) is 0 Å². The van der Waals surface area contributed by atoms with E-state index in [4.69, 9.17) is 9.47 Å². The van der Waals surface area contributed by atoms with Crippen molar-refractivity contribution < 1.29 is 24.0 Å². The zero-order chi connectivity index (χ0) is 29.5. The highest BCUT2D eigenvalue weighted by molar-refractivity contribution is 5.86. The second kappa shape index (κ2) is 13.5. The van der Waals surface area contributed by atoms with E-state index in [1.165, 1.54) is 7.11 Å². The molecule has 1 aromatic heterocycles. The van der Waals surface area contributed by atoms with Gasteiger partial charge in [-0.25, -0.2) is 9.78 Å². The van der Waals surface area contributed by atoms with Gasteiger partial charge in [-0.15, -0.1) is 0 Å². The minimum absolute atomic E-state index is 0.0485. The van der Waals surface area contributed by atoms with Crippen molar-refractivity contribution in [2.24, 2.45) is 5.92 Å². The molecule has 1 N–H and O–H groups in total. The van der Waals surface area contributed by atoms with Crippen molar-refractivity contribution in [2.45, 2.75) is 31.8 Å². The van der Waals surface area contributed by atoms with Gasteiger partial charge in [-0.2, -0.15) is 0 Å². The summed E-state index contributed by atoms with van der Waals surface area (Å²) >= 11 is 0. The van der Waals surface area contributed by atoms with Gasteiger partial charge < -0.3 is 29.2 Å². The average molecular weight is 577 g/mol. The van der Waals surface area contributed by atoms with Crippen LogP contribution in [-0.2, 0) is 32.0 Å². The molecule has 1 atom stereocenters. The highest BCUT2D eigenvalue weighted by Crippen LogP contribution is 2.35. The number of hydrogen-bond acceptors (Lipinski definition) is 9. The van der Waals surface area contributed by atoms with Gasteiger partial charge in [-0.05, 0) is 30.5 Å². The van der Waals surface area contributed by atoms with Crippen molar-refractivity contribution in [2.75, 3.05) is 56.3 Å². The molecule has 5 rings (SSSR count). The molecule has 0 saturated carbocycles. The van der Waals surface area contributed by atoms with E-state index < -0.39 is 12.0 Å². The molecule has 0 aliphatic carbocycles. The molecule has 1 unspecified atom stereocenters. The van der Waals surface area contributed by atoms with Crippen LogP contribution < -0.4 is 15.1 Å². The van der Waals surface area contributed by atoms with Crippen LogP contribution in [0.25, 0.3) is 0 Å². The Bertz CT molecular complexity index is 1380. The number of nitro groups is 1. The summed E-state index contributed by atoms with van der Waals surface area (Å²) in [5.74, 6) is -1.09. The fourth-order valence-corrected chi connectivity index (χ4v) is 5.55. The van der Waals surface area contributed by atoms with Gasteiger partial charge in [0.2, 0.25) is 5.91 Å². The van der Waals surface area contributed by atoms with Gasteiger partial charge in [-0.3, -0.25) is 14.9 Å². The van der Waals surface area contributed by atoms with E-state index in [0.717, 1.165) is 24.3 Å². The molecule has 222 valence electrons. The summed E-state index contributed by atoms with van der Waals surface area (Å²) in [5, 5.41) is 14.7. The first-order valence-electron chi connectivity index (χ1n) is 14.2. The molecule has 2 fully saturated rings. The molecule has 12 nitrogen and oxygen atoms in total. The summed E-state index contributed by atoms with van der Waals surface area (Å²) in [5.41, 5.74) is 3.33. The SMILES string of the molecule is COC(=O)C(Cc1cn(Cc2ccccc2)cn1)NC(=O)C1CCN(c2cc(N3CCOCC3)ccc2[N+](=O)[O-])CC1. The molecule has 3 aromatic rings. The largest absolute Gasteiger partial charge is 0.467 e. The molecule has 2 saturated heterocycles. The molecular formula is C30H36N6O6. The number of anilines is 2. The third kappa shape index (κ3) is 7.06. The van der Waals surface area contributed by atoms with Crippen molar-refractivity contribution in [3.63, 3.8) is 0 Å². The Morgan fingerprint density at radius 1 is 1.10 bits per heavy atom. The van der Waals surface area contributed by atoms with Crippen LogP contribution in [0.4, 0.5) is 17.1 Å². The van der Waals surface area contributed by atoms with Gasteiger partial charge in [-0.1, -0.05) is 30.3 Å². The maximum Gasteiger partial charge on any atom is 0.328 e. The Balaban J connectivity index is 1.20. The predicted molar refractivity (Wildman–Crippen MR) is 156 cm³/mol. The molecule has 12 heteroatoms. The lowest BCUT2D eigenvalue weighted by molar-refractivity contribution is -0.384. The van der Waals surface area contributed by atoms with Crippen LogP contribution in [0.2, 0.25) is 0 Å². The average Bonchev–Trinajstić information content (AvgIpc) is 3.47. The summed E-state index contributed by atoms with van der Waals surface area (Å²) in [6.07, 6.45) is 4.79. The normalized spacial score (nSPS) is 16.6. The van der Waals surface area contributed by atoms with Crippen molar-refractivity contribution in [3.8, 4) is 0 Å². The molecule has 3 heterocycles. The van der Waals surface area contributed by atoms with E-state index in [1.807, 2.05) is 52.1 Å². The maximum absolute atomic E-state index is 13.3. The third-order valence-corrected chi connectivity index (χ3v) is 7.85. The van der Waals surface area contributed by atoms with Gasteiger partial charge >= 0.3 is 5.97 Å². The first-order valence-corrected chi connectivity index (χ1v) is 14.2. The number of piperidine rings is 1. The second-order valence-electron chi connectivity index (χ2n) is 10.6. The number of aromatic nitrogens is 2. The van der Waals surface area contributed by atoms with Gasteiger partial charge in [0.15, 0.2) is 0 Å². The molecule has 42 heavy (non-hydrogen) atoms. The number of benzene rings is 2. The summed E-state index contributed by atoms with van der Waals surface area (Å²) in [7, 11) is 1.30. The summed E-state index contributed by atoms with van der Waals surface area (Å²) in [4.78, 5) is 45.8. The predicted octanol–water partition coefficient (Wildman–Crippen LogP) is 2.79. The quantitative estimate of drug-likeness (QED) is 0.220. The Morgan fingerprint density at radius 2 is 1.83 bits per heavy atom. The van der Waals surface area contributed by atoms with Gasteiger partial charge in [0.05, 0.1) is 37.3 Å². The fraction of sp³-hybridized carbons (Fsp3) is 0.433. The van der Waals surface area contributed by atoms with Crippen molar-refractivity contribution in [3.05, 3.63) is 82.4 Å². The highest BCUT2D eigenvalue weighted by Gasteiger charge is 2.32. The van der Waals surface area contributed by atoms with E-state index in [2.05, 4.69) is 15.2 Å². The number of methoxy groups -OCH3 is 1. The smallest absolute Gasteiger partial charge is 0.328 e. The van der Waals surface area contributed by atoms with Crippen molar-refractivity contribution in [1.82, 2.24) is 14.9 Å². The summed E-state index contributed by atoms with van der Waals surface area (Å²) in [6.45, 7) is 4.32. The van der Waals surface area contributed by atoms with E-state index in [9.17, 15) is 19.7 Å². The molecule has 1 amide bonds. The Morgan fingerprint density at radius 3 is 2.52 bits per heavy atom. The molecule has 0 bridgehead atoms. The minimum Gasteiger partial charge on any atom is -0.467 e. The summed E-state index contributed by atoms with van der Waals surface area (Å²) < 4.78 is 12.3. The summed E-state index contributed by atoms with van der Waals surface area (Å²) in [6, 6.07) is 14.3. The van der Waals surface area contributed by atoms with Crippen molar-refractivity contribution >= 4 is 28.9 Å². The lowest BCUT2D eigenvalue weighted by atomic mass is 9.94. The van der Waals surface area contributed by atoms with E-state index in [0.29, 0.717) is 57.1 Å². The Hall–Kier alpha value is -4.45. The first-order chi connectivity index (χ1) is 20.4. The van der Waals surface area contributed by atoms with E-state index in [1.54, 1.807) is 18.5 Å². The zero-order valence-corrected chi connectivity index (χ0v) is 23.7. The number of rotatable bonds is 10. The standard InChI is InChI=1S/C30H36N6O6/c1-41-30(38)26(17-24-20-33(21-31-24)19-22-5-3-2-4-6-22)32-29(37)23-9-11-35(12-10-23)28-18-25(7-8-27(28)36(39)40)34-13-15-42-16-14-34/h2-8,18,20-21,23,26H,9-17,19H2,1H3,(H,32,37). The van der Waals surface area contributed by atoms with E-state index >= 15 is 0 Å². The number of hydrogen-bond donors (Lipinski definition) is 1. The van der Waals surface area contributed by atoms with Crippen LogP contribution in [0.1, 0.15) is 24.1 Å². The third-order valence-electron chi connectivity index (χ3n) is 7.85. The topological polar surface area (TPSA) is 132 Å². The maximum atomic E-state index is 13.3. The molecule has 2 aromatic carbocycles. The monoisotopic (exact) mass is 576 g/mol. The van der Waals surface area contributed by atoms with Crippen LogP contribution in [0, 0.1) is 16.0 Å². The first kappa shape index (κ1) is 29.1. The number of nitrogens with one attached hydrogen (secondary N) is 1. The molecule has 0 spiro atoms.